The van der Waals surface area contributed by atoms with E-state index in [2.05, 4.69) is 4.74 Å². The third-order valence-corrected chi connectivity index (χ3v) is 3.89. The fourth-order valence-electron chi connectivity index (χ4n) is 1.30. The number of hydrogen-bond donors (Lipinski definition) is 0. The lowest BCUT2D eigenvalue weighted by molar-refractivity contribution is -0.274. The van der Waals surface area contributed by atoms with Crippen LogP contribution in [0.15, 0.2) is 24.3 Å². The molecule has 1 unspecified atom stereocenters. The molecule has 0 aliphatic rings. The predicted octanol–water partition coefficient (Wildman–Crippen LogP) is 2.20. The van der Waals surface area contributed by atoms with Crippen molar-refractivity contribution in [1.29, 1.82) is 0 Å². The molecule has 0 saturated carbocycles. The maximum atomic E-state index is 12.2. The highest BCUT2D eigenvalue weighted by molar-refractivity contribution is 7.92. The minimum Gasteiger partial charge on any atom is -0.405 e. The van der Waals surface area contributed by atoms with Crippen molar-refractivity contribution in [2.75, 3.05) is 6.26 Å². The molecule has 1 aromatic rings. The molecule has 0 amide bonds. The summed E-state index contributed by atoms with van der Waals surface area (Å²) in [6, 6.07) is 4.62. The Balaban J connectivity index is 3.18. The van der Waals surface area contributed by atoms with E-state index in [-0.39, 0.29) is 0 Å². The van der Waals surface area contributed by atoms with Crippen LogP contribution in [0.3, 0.4) is 0 Å². The van der Waals surface area contributed by atoms with Gasteiger partial charge in [0.05, 0.1) is 5.56 Å². The zero-order valence-electron chi connectivity index (χ0n) is 10.1. The summed E-state index contributed by atoms with van der Waals surface area (Å²) in [5.74, 6) is -1.65. The van der Waals surface area contributed by atoms with E-state index in [0.29, 0.717) is 0 Å². The third kappa shape index (κ3) is 4.23. The molecule has 8 heteroatoms. The fourth-order valence-corrected chi connectivity index (χ4v) is 1.81. The number of carbonyl (C=O) groups excluding carboxylic acids is 1. The Morgan fingerprint density at radius 1 is 1.26 bits per heavy atom. The number of benzene rings is 1. The van der Waals surface area contributed by atoms with E-state index in [9.17, 15) is 26.4 Å². The van der Waals surface area contributed by atoms with E-state index in [1.807, 2.05) is 0 Å². The first-order valence-corrected chi connectivity index (χ1v) is 7.05. The minimum absolute atomic E-state index is 0.419. The van der Waals surface area contributed by atoms with Crippen LogP contribution >= 0.6 is 0 Å². The molecule has 19 heavy (non-hydrogen) atoms. The topological polar surface area (TPSA) is 60.4 Å². The van der Waals surface area contributed by atoms with Crippen LogP contribution < -0.4 is 4.74 Å². The van der Waals surface area contributed by atoms with Gasteiger partial charge >= 0.3 is 6.36 Å². The van der Waals surface area contributed by atoms with E-state index >= 15 is 0 Å². The molecule has 0 bridgehead atoms. The zero-order valence-corrected chi connectivity index (χ0v) is 10.9. The number of sulfone groups is 1. The Kier molecular flexibility index (Phi) is 4.24. The average Bonchev–Trinajstić information content (AvgIpc) is 2.24. The predicted molar refractivity (Wildman–Crippen MR) is 61.8 cm³/mol. The molecule has 0 aliphatic carbocycles. The number of rotatable bonds is 4. The van der Waals surface area contributed by atoms with Gasteiger partial charge in [-0.3, -0.25) is 4.79 Å². The molecule has 0 radical (unpaired) electrons. The average molecular weight is 296 g/mol. The molecule has 106 valence electrons. The largest absolute Gasteiger partial charge is 0.573 e. The number of hydrogen-bond acceptors (Lipinski definition) is 4. The molecule has 0 spiro atoms. The van der Waals surface area contributed by atoms with Gasteiger partial charge in [-0.25, -0.2) is 8.42 Å². The lowest BCUT2D eigenvalue weighted by atomic mass is 10.1. The quantitative estimate of drug-likeness (QED) is 0.799. The van der Waals surface area contributed by atoms with E-state index in [4.69, 9.17) is 0 Å². The third-order valence-electron chi connectivity index (χ3n) is 2.39. The van der Waals surface area contributed by atoms with Crippen molar-refractivity contribution in [2.24, 2.45) is 0 Å². The number of para-hydroxylation sites is 1. The summed E-state index contributed by atoms with van der Waals surface area (Å²) in [6.07, 6.45) is -4.12. The first-order valence-electron chi connectivity index (χ1n) is 5.10. The van der Waals surface area contributed by atoms with Crippen molar-refractivity contribution in [3.8, 4) is 5.75 Å². The van der Waals surface area contributed by atoms with Gasteiger partial charge in [-0.1, -0.05) is 12.1 Å². The summed E-state index contributed by atoms with van der Waals surface area (Å²) >= 11 is 0. The summed E-state index contributed by atoms with van der Waals surface area (Å²) in [6.45, 7) is 1.11. The second-order valence-corrected chi connectivity index (χ2v) is 6.25. The van der Waals surface area contributed by atoms with Crippen molar-refractivity contribution < 1.29 is 31.1 Å². The van der Waals surface area contributed by atoms with Crippen LogP contribution in [-0.2, 0) is 9.84 Å². The molecule has 0 heterocycles. The summed E-state index contributed by atoms with van der Waals surface area (Å²) in [4.78, 5) is 11.9. The van der Waals surface area contributed by atoms with E-state index in [1.165, 1.54) is 12.1 Å². The lowest BCUT2D eigenvalue weighted by Crippen LogP contribution is -2.27. The van der Waals surface area contributed by atoms with Crippen molar-refractivity contribution in [1.82, 2.24) is 0 Å². The molecule has 0 aliphatic heterocycles. The molecule has 1 rings (SSSR count). The fraction of sp³-hybridized carbons (Fsp3) is 0.364. The summed E-state index contributed by atoms with van der Waals surface area (Å²) in [7, 11) is -3.70. The summed E-state index contributed by atoms with van der Waals surface area (Å²) < 4.78 is 62.7. The Hall–Kier alpha value is -1.57. The zero-order chi connectivity index (χ0) is 14.8. The van der Waals surface area contributed by atoms with Crippen molar-refractivity contribution >= 4 is 15.6 Å². The highest BCUT2D eigenvalue weighted by Crippen LogP contribution is 2.27. The van der Waals surface area contributed by atoms with Crippen LogP contribution in [0, 0.1) is 0 Å². The highest BCUT2D eigenvalue weighted by atomic mass is 32.2. The van der Waals surface area contributed by atoms with Gasteiger partial charge in [0.1, 0.15) is 11.0 Å². The summed E-state index contributed by atoms with van der Waals surface area (Å²) in [5.41, 5.74) is -0.419. The molecule has 0 aromatic heterocycles. The van der Waals surface area contributed by atoms with E-state index < -0.39 is 38.5 Å². The molecule has 1 atom stereocenters. The molecular weight excluding hydrogens is 285 g/mol. The number of ether oxygens (including phenoxy) is 1. The Morgan fingerprint density at radius 2 is 1.79 bits per heavy atom. The first-order chi connectivity index (χ1) is 8.52. The van der Waals surface area contributed by atoms with Crippen LogP contribution in [0.1, 0.15) is 17.3 Å². The lowest BCUT2D eigenvalue weighted by Gasteiger charge is -2.14. The van der Waals surface area contributed by atoms with E-state index in [1.54, 1.807) is 0 Å². The molecule has 4 nitrogen and oxygen atoms in total. The molecule has 0 saturated heterocycles. The summed E-state index contributed by atoms with van der Waals surface area (Å²) in [5, 5.41) is -1.44. The minimum atomic E-state index is -4.95. The number of Topliss-reactive ketones (excluding diaryl/α,β-unsaturated/α-hetero) is 1. The van der Waals surface area contributed by atoms with Gasteiger partial charge in [0, 0.05) is 6.26 Å². The maximum Gasteiger partial charge on any atom is 0.573 e. The molecule has 0 fully saturated rings. The Bertz CT molecular complexity index is 578. The normalized spacial score (nSPS) is 13.9. The van der Waals surface area contributed by atoms with Crippen molar-refractivity contribution in [3.63, 3.8) is 0 Å². The number of alkyl halides is 3. The second-order valence-electron chi connectivity index (χ2n) is 3.88. The van der Waals surface area contributed by atoms with Crippen molar-refractivity contribution in [3.05, 3.63) is 29.8 Å². The first kappa shape index (κ1) is 15.5. The van der Waals surface area contributed by atoms with Gasteiger partial charge in [-0.15, -0.1) is 13.2 Å². The molecular formula is C11H11F3O4S. The number of ketones is 1. The molecule has 1 aromatic carbocycles. The number of carbonyl (C=O) groups is 1. The monoisotopic (exact) mass is 296 g/mol. The van der Waals surface area contributed by atoms with Crippen LogP contribution in [0.25, 0.3) is 0 Å². The van der Waals surface area contributed by atoms with Gasteiger partial charge < -0.3 is 4.74 Å². The number of halogens is 3. The Morgan fingerprint density at radius 3 is 2.26 bits per heavy atom. The van der Waals surface area contributed by atoms with Crippen molar-refractivity contribution in [2.45, 2.75) is 18.5 Å². The van der Waals surface area contributed by atoms with Gasteiger partial charge in [-0.05, 0) is 19.1 Å². The SMILES string of the molecule is CC(C(=O)c1ccccc1OC(F)(F)F)S(C)(=O)=O. The van der Waals surface area contributed by atoms with Gasteiger partial charge in [-0.2, -0.15) is 0 Å². The van der Waals surface area contributed by atoms with Gasteiger partial charge in [0.2, 0.25) is 0 Å². The van der Waals surface area contributed by atoms with Crippen LogP contribution in [-0.4, -0.2) is 32.1 Å². The van der Waals surface area contributed by atoms with Crippen LogP contribution in [0.4, 0.5) is 13.2 Å². The van der Waals surface area contributed by atoms with Crippen LogP contribution in [0.2, 0.25) is 0 Å². The Labute approximate surface area is 108 Å². The van der Waals surface area contributed by atoms with Gasteiger partial charge in [0.15, 0.2) is 15.6 Å². The smallest absolute Gasteiger partial charge is 0.405 e. The van der Waals surface area contributed by atoms with E-state index in [0.717, 1.165) is 25.3 Å². The van der Waals surface area contributed by atoms with Crippen LogP contribution in [0.5, 0.6) is 5.75 Å². The standard InChI is InChI=1S/C11H11F3O4S/c1-7(19(2,16)17)10(15)8-5-3-4-6-9(8)18-11(12,13)14/h3-7H,1-2H3. The highest BCUT2D eigenvalue weighted by Gasteiger charge is 2.34. The molecule has 0 N–H and O–H groups in total. The second kappa shape index (κ2) is 5.20. The maximum absolute atomic E-state index is 12.2. The van der Waals surface area contributed by atoms with Gasteiger partial charge in [0.25, 0.3) is 0 Å².